The Labute approximate surface area is 101 Å². The highest BCUT2D eigenvalue weighted by Crippen LogP contribution is 2.31. The Bertz CT molecular complexity index is 471. The van der Waals surface area contributed by atoms with Crippen LogP contribution in [0.25, 0.3) is 10.9 Å². The van der Waals surface area contributed by atoms with E-state index in [9.17, 15) is 0 Å². The Balaban J connectivity index is 2.34. The van der Waals surface area contributed by atoms with Gasteiger partial charge < -0.3 is 5.32 Å². The number of anilines is 1. The van der Waals surface area contributed by atoms with Gasteiger partial charge in [-0.15, -0.1) is 0 Å². The van der Waals surface area contributed by atoms with Crippen LogP contribution >= 0.6 is 11.5 Å². The van der Waals surface area contributed by atoms with Crippen LogP contribution in [-0.4, -0.2) is 9.91 Å². The number of nitrogens with zero attached hydrogens (tertiary/aromatic N) is 1. The van der Waals surface area contributed by atoms with E-state index in [0.29, 0.717) is 0 Å². The molecule has 0 bridgehead atoms. The van der Waals surface area contributed by atoms with Crippen LogP contribution in [0, 0.1) is 0 Å². The molecule has 0 atom stereocenters. The third-order valence-corrected chi connectivity index (χ3v) is 4.15. The zero-order valence-electron chi connectivity index (χ0n) is 10.1. The van der Waals surface area contributed by atoms with Crippen LogP contribution in [0.2, 0.25) is 0 Å². The zero-order chi connectivity index (χ0) is 11.6. The van der Waals surface area contributed by atoms with Crippen molar-refractivity contribution in [3.8, 4) is 0 Å². The first-order valence-electron chi connectivity index (χ1n) is 5.81. The lowest BCUT2D eigenvalue weighted by molar-refractivity contribution is 0.480. The fraction of sp³-hybridized carbons (Fsp3) is 0.462. The maximum Gasteiger partial charge on any atom is 0.117 e. The van der Waals surface area contributed by atoms with E-state index >= 15 is 0 Å². The van der Waals surface area contributed by atoms with E-state index in [1.165, 1.54) is 10.4 Å². The molecule has 0 unspecified atom stereocenters. The molecule has 1 aromatic carbocycles. The summed E-state index contributed by atoms with van der Waals surface area (Å²) in [7, 11) is 0. The fourth-order valence-corrected chi connectivity index (χ4v) is 2.59. The van der Waals surface area contributed by atoms with Crippen LogP contribution in [0.1, 0.15) is 33.6 Å². The number of fused-ring (bicyclic) bond motifs is 1. The second-order valence-corrected chi connectivity index (χ2v) is 5.20. The lowest BCUT2D eigenvalue weighted by atomic mass is 9.96. The van der Waals surface area contributed by atoms with Crippen molar-refractivity contribution in [2.75, 3.05) is 5.32 Å². The summed E-state index contributed by atoms with van der Waals surface area (Å²) in [5, 5.41) is 6.07. The quantitative estimate of drug-likeness (QED) is 0.853. The molecule has 0 fully saturated rings. The van der Waals surface area contributed by atoms with Crippen molar-refractivity contribution in [2.45, 2.75) is 39.2 Å². The maximum atomic E-state index is 4.45. The van der Waals surface area contributed by atoms with Crippen LogP contribution in [0.3, 0.4) is 0 Å². The smallest absolute Gasteiger partial charge is 0.117 e. The van der Waals surface area contributed by atoms with Crippen molar-refractivity contribution in [3.63, 3.8) is 0 Å². The van der Waals surface area contributed by atoms with E-state index in [4.69, 9.17) is 0 Å². The molecular formula is C13H18N2S. The molecule has 0 saturated carbocycles. The minimum absolute atomic E-state index is 0.176. The molecule has 0 amide bonds. The molecule has 0 aliphatic rings. The second-order valence-electron chi connectivity index (χ2n) is 4.42. The van der Waals surface area contributed by atoms with E-state index in [1.807, 2.05) is 6.07 Å². The molecular weight excluding hydrogens is 216 g/mol. The number of benzene rings is 1. The lowest BCUT2D eigenvalue weighted by Crippen LogP contribution is -2.32. The Hall–Kier alpha value is -1.09. The van der Waals surface area contributed by atoms with E-state index in [2.05, 4.69) is 48.7 Å². The van der Waals surface area contributed by atoms with Gasteiger partial charge in [-0.2, -0.15) is 4.37 Å². The molecule has 1 aromatic heterocycles. The Morgan fingerprint density at radius 3 is 2.62 bits per heavy atom. The van der Waals surface area contributed by atoms with Gasteiger partial charge in [0.05, 0.1) is 5.52 Å². The summed E-state index contributed by atoms with van der Waals surface area (Å²) in [6, 6.07) is 8.29. The van der Waals surface area contributed by atoms with Crippen LogP contribution in [-0.2, 0) is 0 Å². The maximum absolute atomic E-state index is 4.45. The molecule has 1 N–H and O–H groups in total. The summed E-state index contributed by atoms with van der Waals surface area (Å²) in [6.07, 6.45) is 2.24. The minimum Gasteiger partial charge on any atom is -0.370 e. The highest BCUT2D eigenvalue weighted by atomic mass is 32.1. The topological polar surface area (TPSA) is 24.9 Å². The Kier molecular flexibility index (Phi) is 3.15. The minimum atomic E-state index is 0.176. The predicted octanol–water partition coefficient (Wildman–Crippen LogP) is 4.29. The average molecular weight is 234 g/mol. The summed E-state index contributed by atoms with van der Waals surface area (Å²) in [4.78, 5) is 0. The SMILES string of the molecule is CCC(C)(CC)Nc1snc2ccccc12. The summed E-state index contributed by atoms with van der Waals surface area (Å²) >= 11 is 1.56. The van der Waals surface area contributed by atoms with Gasteiger partial charge in [0, 0.05) is 10.9 Å². The molecule has 3 heteroatoms. The van der Waals surface area contributed by atoms with E-state index in [0.717, 1.165) is 18.4 Å². The van der Waals surface area contributed by atoms with Gasteiger partial charge in [-0.1, -0.05) is 26.0 Å². The molecule has 1 heterocycles. The van der Waals surface area contributed by atoms with E-state index in [1.54, 1.807) is 11.5 Å². The summed E-state index contributed by atoms with van der Waals surface area (Å²) in [5.41, 5.74) is 1.26. The van der Waals surface area contributed by atoms with Gasteiger partial charge in [0.15, 0.2) is 0 Å². The number of aromatic nitrogens is 1. The molecule has 86 valence electrons. The first-order valence-corrected chi connectivity index (χ1v) is 6.58. The molecule has 0 radical (unpaired) electrons. The highest BCUT2D eigenvalue weighted by Gasteiger charge is 2.20. The van der Waals surface area contributed by atoms with Crippen LogP contribution in [0.15, 0.2) is 24.3 Å². The predicted molar refractivity (Wildman–Crippen MR) is 72.2 cm³/mol. The van der Waals surface area contributed by atoms with Crippen molar-refractivity contribution in [2.24, 2.45) is 0 Å². The molecule has 0 saturated heterocycles. The van der Waals surface area contributed by atoms with Crippen molar-refractivity contribution < 1.29 is 0 Å². The largest absolute Gasteiger partial charge is 0.370 e. The van der Waals surface area contributed by atoms with Crippen LogP contribution in [0.5, 0.6) is 0 Å². The molecule has 2 nitrogen and oxygen atoms in total. The number of nitrogens with one attached hydrogen (secondary N) is 1. The van der Waals surface area contributed by atoms with Gasteiger partial charge in [0.2, 0.25) is 0 Å². The highest BCUT2D eigenvalue weighted by molar-refractivity contribution is 7.11. The summed E-state index contributed by atoms with van der Waals surface area (Å²) in [5.74, 6) is 0. The molecule has 2 aromatic rings. The third-order valence-electron chi connectivity index (χ3n) is 3.36. The Morgan fingerprint density at radius 2 is 1.94 bits per heavy atom. The first-order chi connectivity index (χ1) is 7.68. The van der Waals surface area contributed by atoms with Gasteiger partial charge in [-0.05, 0) is 43.4 Å². The first kappa shape index (κ1) is 11.4. The molecule has 16 heavy (non-hydrogen) atoms. The van der Waals surface area contributed by atoms with Gasteiger partial charge in [0.1, 0.15) is 5.00 Å². The van der Waals surface area contributed by atoms with Crippen molar-refractivity contribution in [1.29, 1.82) is 0 Å². The van der Waals surface area contributed by atoms with Crippen LogP contribution in [0.4, 0.5) is 5.00 Å². The summed E-state index contributed by atoms with van der Waals surface area (Å²) in [6.45, 7) is 6.71. The molecule has 0 spiro atoms. The Morgan fingerprint density at radius 1 is 1.25 bits per heavy atom. The van der Waals surface area contributed by atoms with Gasteiger partial charge in [-0.3, -0.25) is 0 Å². The molecule has 2 rings (SSSR count). The fourth-order valence-electron chi connectivity index (χ4n) is 1.68. The van der Waals surface area contributed by atoms with Gasteiger partial charge in [-0.25, -0.2) is 0 Å². The van der Waals surface area contributed by atoms with E-state index < -0.39 is 0 Å². The van der Waals surface area contributed by atoms with Crippen LogP contribution < -0.4 is 5.32 Å². The molecule has 0 aliphatic carbocycles. The summed E-state index contributed by atoms with van der Waals surface area (Å²) < 4.78 is 4.45. The zero-order valence-corrected chi connectivity index (χ0v) is 10.9. The number of rotatable bonds is 4. The van der Waals surface area contributed by atoms with Gasteiger partial charge >= 0.3 is 0 Å². The normalized spacial score (nSPS) is 11.9. The number of hydrogen-bond acceptors (Lipinski definition) is 3. The average Bonchev–Trinajstić information content (AvgIpc) is 2.73. The third kappa shape index (κ3) is 2.05. The monoisotopic (exact) mass is 234 g/mol. The van der Waals surface area contributed by atoms with Crippen molar-refractivity contribution in [3.05, 3.63) is 24.3 Å². The van der Waals surface area contributed by atoms with Gasteiger partial charge in [0.25, 0.3) is 0 Å². The van der Waals surface area contributed by atoms with Crippen molar-refractivity contribution >= 4 is 27.4 Å². The van der Waals surface area contributed by atoms with E-state index in [-0.39, 0.29) is 5.54 Å². The molecule has 0 aliphatic heterocycles. The standard InChI is InChI=1S/C13H18N2S/c1-4-13(3,5-2)14-12-10-8-6-7-9-11(10)15-16-12/h6-9,14H,4-5H2,1-3H3. The van der Waals surface area contributed by atoms with Crippen molar-refractivity contribution in [1.82, 2.24) is 4.37 Å². The second kappa shape index (κ2) is 4.42. The lowest BCUT2D eigenvalue weighted by Gasteiger charge is -2.28. The number of hydrogen-bond donors (Lipinski definition) is 1.